The van der Waals surface area contributed by atoms with Crippen LogP contribution in [0.5, 0.6) is 0 Å². The van der Waals surface area contributed by atoms with Gasteiger partial charge < -0.3 is 0 Å². The van der Waals surface area contributed by atoms with E-state index in [1.807, 2.05) is 32.3 Å². The Morgan fingerprint density at radius 1 is 0.955 bits per heavy atom. The number of rotatable bonds is 2. The molecule has 1 aliphatic carbocycles. The van der Waals surface area contributed by atoms with Crippen molar-refractivity contribution in [1.29, 1.82) is 0 Å². The van der Waals surface area contributed by atoms with E-state index in [1.165, 1.54) is 34.4 Å². The number of aromatic amines is 1. The summed E-state index contributed by atoms with van der Waals surface area (Å²) in [6, 6.07) is 12.5. The fourth-order valence-electron chi connectivity index (χ4n) is 3.03. The highest BCUT2D eigenvalue weighted by atomic mass is 15.1. The molecule has 0 fully saturated rings. The molecule has 0 spiro atoms. The molecule has 0 bridgehead atoms. The predicted octanol–water partition coefficient (Wildman–Crippen LogP) is 4.65. The maximum Gasteiger partial charge on any atom is 0.0728 e. The zero-order chi connectivity index (χ0) is 15.4. The molecule has 3 nitrogen and oxygen atoms in total. The predicted molar refractivity (Wildman–Crippen MR) is 90.6 cm³/mol. The molecule has 112 valence electrons. The highest BCUT2D eigenvalue weighted by Crippen LogP contribution is 2.35. The van der Waals surface area contributed by atoms with Crippen molar-refractivity contribution in [2.24, 2.45) is 0 Å². The lowest BCUT2D eigenvalue weighted by Gasteiger charge is -2.08. The van der Waals surface area contributed by atoms with Gasteiger partial charge in [0.15, 0.2) is 0 Å². The lowest BCUT2D eigenvalue weighted by molar-refractivity contribution is 0.899. The standard InChI is InChI=1S/C17H15N3.C2H6/c1-2-5-12(6-3-1)17-15(11-19-20-17)13-9-10-18-16-8-4-7-14(13)16;1-2/h1-3,5-6,9-11H,4,7-8H2,(H,19,20);1-2H3. The topological polar surface area (TPSA) is 41.6 Å². The monoisotopic (exact) mass is 291 g/mol. The van der Waals surface area contributed by atoms with E-state index in [0.717, 1.165) is 18.5 Å². The first-order valence-corrected chi connectivity index (χ1v) is 7.99. The summed E-state index contributed by atoms with van der Waals surface area (Å²) in [5.74, 6) is 0. The van der Waals surface area contributed by atoms with Gasteiger partial charge in [-0.15, -0.1) is 0 Å². The molecular weight excluding hydrogens is 270 g/mol. The van der Waals surface area contributed by atoms with E-state index < -0.39 is 0 Å². The normalized spacial score (nSPS) is 12.5. The van der Waals surface area contributed by atoms with E-state index in [-0.39, 0.29) is 0 Å². The van der Waals surface area contributed by atoms with Crippen LogP contribution in [0, 0.1) is 0 Å². The Kier molecular flexibility index (Phi) is 4.33. The van der Waals surface area contributed by atoms with Crippen molar-refractivity contribution in [1.82, 2.24) is 15.2 Å². The van der Waals surface area contributed by atoms with Crippen LogP contribution in [0.15, 0.2) is 48.8 Å². The Balaban J connectivity index is 0.000000693. The lowest BCUT2D eigenvalue weighted by atomic mass is 9.97. The van der Waals surface area contributed by atoms with Gasteiger partial charge >= 0.3 is 0 Å². The fraction of sp³-hybridized carbons (Fsp3) is 0.263. The number of nitrogens with one attached hydrogen (secondary N) is 1. The molecular formula is C19H21N3. The van der Waals surface area contributed by atoms with Crippen LogP contribution in [0.3, 0.4) is 0 Å². The average molecular weight is 291 g/mol. The second-order valence-electron chi connectivity index (χ2n) is 5.16. The fourth-order valence-corrected chi connectivity index (χ4v) is 3.03. The molecule has 0 radical (unpaired) electrons. The minimum atomic E-state index is 1.09. The van der Waals surface area contributed by atoms with Gasteiger partial charge in [-0.2, -0.15) is 5.10 Å². The minimum Gasteiger partial charge on any atom is -0.277 e. The largest absolute Gasteiger partial charge is 0.277 e. The summed E-state index contributed by atoms with van der Waals surface area (Å²) in [4.78, 5) is 4.50. The molecule has 3 aromatic rings. The first kappa shape index (κ1) is 14.5. The summed E-state index contributed by atoms with van der Waals surface area (Å²) in [5, 5.41) is 7.40. The molecule has 0 saturated carbocycles. The van der Waals surface area contributed by atoms with E-state index in [4.69, 9.17) is 0 Å². The average Bonchev–Trinajstić information content (AvgIpc) is 3.26. The Bertz CT molecular complexity index is 744. The number of fused-ring (bicyclic) bond motifs is 1. The third-order valence-corrected chi connectivity index (χ3v) is 3.98. The molecule has 1 N–H and O–H groups in total. The van der Waals surface area contributed by atoms with Gasteiger partial charge in [0.2, 0.25) is 0 Å². The van der Waals surface area contributed by atoms with Gasteiger partial charge in [-0.05, 0) is 36.5 Å². The first-order valence-electron chi connectivity index (χ1n) is 7.99. The molecule has 0 amide bonds. The Morgan fingerprint density at radius 3 is 2.59 bits per heavy atom. The number of nitrogens with zero attached hydrogens (tertiary/aromatic N) is 2. The zero-order valence-corrected chi connectivity index (χ0v) is 13.1. The third kappa shape index (κ3) is 2.54. The smallest absolute Gasteiger partial charge is 0.0728 e. The van der Waals surface area contributed by atoms with Gasteiger partial charge in [-0.1, -0.05) is 44.2 Å². The van der Waals surface area contributed by atoms with E-state index >= 15 is 0 Å². The van der Waals surface area contributed by atoms with Gasteiger partial charge in [0.1, 0.15) is 0 Å². The van der Waals surface area contributed by atoms with Gasteiger partial charge in [0, 0.05) is 23.0 Å². The van der Waals surface area contributed by atoms with Crippen LogP contribution in [-0.2, 0) is 12.8 Å². The summed E-state index contributed by atoms with van der Waals surface area (Å²) in [6.07, 6.45) is 7.27. The summed E-state index contributed by atoms with van der Waals surface area (Å²) in [6.45, 7) is 4.00. The molecule has 0 atom stereocenters. The van der Waals surface area contributed by atoms with Crippen molar-refractivity contribution in [2.75, 3.05) is 0 Å². The quantitative estimate of drug-likeness (QED) is 0.746. The number of aryl methyl sites for hydroxylation is 1. The SMILES string of the molecule is CC.c1ccc(-c2[nH]ncc2-c2ccnc3c2CCC3)cc1. The van der Waals surface area contributed by atoms with E-state index in [0.29, 0.717) is 0 Å². The highest BCUT2D eigenvalue weighted by molar-refractivity contribution is 5.82. The van der Waals surface area contributed by atoms with Crippen molar-refractivity contribution in [3.05, 3.63) is 60.0 Å². The molecule has 0 unspecified atom stereocenters. The van der Waals surface area contributed by atoms with E-state index in [9.17, 15) is 0 Å². The molecule has 0 saturated heterocycles. The van der Waals surface area contributed by atoms with Crippen molar-refractivity contribution >= 4 is 0 Å². The number of aromatic nitrogens is 3. The lowest BCUT2D eigenvalue weighted by Crippen LogP contribution is -1.92. The first-order chi connectivity index (χ1) is 10.9. The number of hydrogen-bond donors (Lipinski definition) is 1. The highest BCUT2D eigenvalue weighted by Gasteiger charge is 2.19. The maximum atomic E-state index is 4.50. The Labute approximate surface area is 131 Å². The zero-order valence-electron chi connectivity index (χ0n) is 13.1. The van der Waals surface area contributed by atoms with Crippen LogP contribution in [0.25, 0.3) is 22.4 Å². The molecule has 1 aromatic carbocycles. The summed E-state index contributed by atoms with van der Waals surface area (Å²) < 4.78 is 0. The molecule has 1 aliphatic rings. The summed E-state index contributed by atoms with van der Waals surface area (Å²) >= 11 is 0. The van der Waals surface area contributed by atoms with Crippen molar-refractivity contribution in [3.63, 3.8) is 0 Å². The molecule has 3 heteroatoms. The van der Waals surface area contributed by atoms with Crippen molar-refractivity contribution < 1.29 is 0 Å². The number of hydrogen-bond acceptors (Lipinski definition) is 2. The third-order valence-electron chi connectivity index (χ3n) is 3.98. The molecule has 22 heavy (non-hydrogen) atoms. The number of H-pyrrole nitrogens is 1. The van der Waals surface area contributed by atoms with Gasteiger partial charge in [-0.3, -0.25) is 10.1 Å². The van der Waals surface area contributed by atoms with Crippen LogP contribution in [-0.4, -0.2) is 15.2 Å². The van der Waals surface area contributed by atoms with E-state index in [1.54, 1.807) is 0 Å². The Morgan fingerprint density at radius 2 is 1.77 bits per heavy atom. The van der Waals surface area contributed by atoms with Crippen LogP contribution in [0.2, 0.25) is 0 Å². The van der Waals surface area contributed by atoms with Crippen LogP contribution < -0.4 is 0 Å². The minimum absolute atomic E-state index is 1.09. The summed E-state index contributed by atoms with van der Waals surface area (Å²) in [5.41, 5.74) is 7.36. The van der Waals surface area contributed by atoms with Gasteiger partial charge in [0.05, 0.1) is 11.9 Å². The molecule has 2 heterocycles. The second kappa shape index (κ2) is 6.56. The maximum absolute atomic E-state index is 4.50. The van der Waals surface area contributed by atoms with Crippen molar-refractivity contribution in [3.8, 4) is 22.4 Å². The van der Waals surface area contributed by atoms with Crippen LogP contribution in [0.4, 0.5) is 0 Å². The van der Waals surface area contributed by atoms with Gasteiger partial charge in [0.25, 0.3) is 0 Å². The summed E-state index contributed by atoms with van der Waals surface area (Å²) in [7, 11) is 0. The second-order valence-corrected chi connectivity index (χ2v) is 5.16. The Hall–Kier alpha value is -2.42. The van der Waals surface area contributed by atoms with Gasteiger partial charge in [-0.25, -0.2) is 0 Å². The van der Waals surface area contributed by atoms with Crippen LogP contribution in [0.1, 0.15) is 31.5 Å². The van der Waals surface area contributed by atoms with Crippen molar-refractivity contribution in [2.45, 2.75) is 33.1 Å². The number of pyridine rings is 1. The molecule has 2 aromatic heterocycles. The van der Waals surface area contributed by atoms with Crippen LogP contribution >= 0.6 is 0 Å². The number of benzene rings is 1. The molecule has 0 aliphatic heterocycles. The van der Waals surface area contributed by atoms with E-state index in [2.05, 4.69) is 45.5 Å². The molecule has 4 rings (SSSR count).